The Hall–Kier alpha value is -4.15. The normalized spacial score (nSPS) is 12.2. The first-order valence-corrected chi connectivity index (χ1v) is 16.7. The third-order valence-electron chi connectivity index (χ3n) is 6.99. The Labute approximate surface area is 274 Å². The summed E-state index contributed by atoms with van der Waals surface area (Å²) in [6, 6.07) is 30.5. The van der Waals surface area contributed by atoms with Gasteiger partial charge in [-0.15, -0.1) is 0 Å². The molecule has 0 heterocycles. The van der Waals surface area contributed by atoms with E-state index in [1.807, 2.05) is 75.4 Å². The molecule has 0 bridgehead atoms. The van der Waals surface area contributed by atoms with Crippen LogP contribution in [0.4, 0.5) is 5.69 Å². The molecule has 0 aromatic heterocycles. The van der Waals surface area contributed by atoms with Crippen molar-refractivity contribution in [2.45, 2.75) is 50.2 Å². The van der Waals surface area contributed by atoms with Crippen LogP contribution in [0.25, 0.3) is 0 Å². The van der Waals surface area contributed by atoms with Gasteiger partial charge in [0, 0.05) is 29.0 Å². The molecule has 4 rings (SSSR count). The summed E-state index contributed by atoms with van der Waals surface area (Å²) >= 11 is 3.46. The number of benzene rings is 4. The Morgan fingerprint density at radius 1 is 0.844 bits per heavy atom. The second kappa shape index (κ2) is 14.8. The molecule has 0 aliphatic heterocycles. The first-order chi connectivity index (χ1) is 21.4. The number of hydrogen-bond donors (Lipinski definition) is 1. The van der Waals surface area contributed by atoms with Gasteiger partial charge in [-0.3, -0.25) is 13.9 Å². The molecule has 0 saturated heterocycles. The van der Waals surface area contributed by atoms with E-state index in [-0.39, 0.29) is 29.5 Å². The summed E-state index contributed by atoms with van der Waals surface area (Å²) in [6.45, 7) is 5.17. The average Bonchev–Trinajstić information content (AvgIpc) is 3.02. The molecule has 0 unspecified atom stereocenters. The maximum atomic E-state index is 14.5. The summed E-state index contributed by atoms with van der Waals surface area (Å²) < 4.78 is 35.5. The quantitative estimate of drug-likeness (QED) is 0.191. The van der Waals surface area contributed by atoms with Gasteiger partial charge in [0.15, 0.2) is 0 Å². The molecule has 0 saturated carbocycles. The van der Waals surface area contributed by atoms with Gasteiger partial charge in [0.1, 0.15) is 18.3 Å². The number of nitrogens with zero attached hydrogens (tertiary/aromatic N) is 2. The second-order valence-corrected chi connectivity index (χ2v) is 14.4. The molecule has 4 aromatic rings. The minimum absolute atomic E-state index is 0.0337. The number of halogens is 1. The van der Waals surface area contributed by atoms with Crippen LogP contribution in [0.2, 0.25) is 0 Å². The number of ether oxygens (including phenoxy) is 1. The highest BCUT2D eigenvalue weighted by molar-refractivity contribution is 9.10. The highest BCUT2D eigenvalue weighted by Gasteiger charge is 2.35. The molecule has 10 heteroatoms. The lowest BCUT2D eigenvalue weighted by atomic mass is 10.0. The highest BCUT2D eigenvalue weighted by atomic mass is 79.9. The van der Waals surface area contributed by atoms with Crippen LogP contribution in [0.3, 0.4) is 0 Å². The van der Waals surface area contributed by atoms with Gasteiger partial charge in [-0.1, -0.05) is 82.7 Å². The molecule has 1 N–H and O–H groups in total. The van der Waals surface area contributed by atoms with Crippen molar-refractivity contribution >= 4 is 43.5 Å². The van der Waals surface area contributed by atoms with Crippen molar-refractivity contribution < 1.29 is 22.7 Å². The van der Waals surface area contributed by atoms with Crippen LogP contribution in [0, 0.1) is 0 Å². The lowest BCUT2D eigenvalue weighted by molar-refractivity contribution is -0.140. The minimum Gasteiger partial charge on any atom is -0.497 e. The predicted molar refractivity (Wildman–Crippen MR) is 180 cm³/mol. The van der Waals surface area contributed by atoms with Crippen LogP contribution in [-0.4, -0.2) is 50.4 Å². The van der Waals surface area contributed by atoms with Crippen molar-refractivity contribution in [2.75, 3.05) is 18.0 Å². The maximum absolute atomic E-state index is 14.5. The molecule has 0 spiro atoms. The second-order valence-electron chi connectivity index (χ2n) is 11.6. The molecular weight excluding hydrogens is 654 g/mol. The number of carbonyl (C=O) groups excluding carboxylic acids is 2. The number of nitrogens with one attached hydrogen (secondary N) is 1. The zero-order valence-corrected chi connectivity index (χ0v) is 28.2. The van der Waals surface area contributed by atoms with Crippen LogP contribution in [0.15, 0.2) is 119 Å². The molecule has 0 aliphatic rings. The monoisotopic (exact) mass is 691 g/mol. The summed E-state index contributed by atoms with van der Waals surface area (Å²) in [5.41, 5.74) is 1.34. The standard InChI is InChI=1S/C35H38BrN3O5S/c1-35(2,3)37-34(41)32(22-26-12-7-5-8-13-26)38(24-27-18-20-28(36)21-19-27)33(40)25-39(29-14-11-15-30(23-29)44-4)45(42,43)31-16-9-6-10-17-31/h5-21,23,32H,22,24-25H2,1-4H3,(H,37,41)/t32-/m1/s1. The Balaban J connectivity index is 1.82. The number of rotatable bonds is 12. The van der Waals surface area contributed by atoms with Crippen molar-refractivity contribution in [3.8, 4) is 5.75 Å². The summed E-state index contributed by atoms with van der Waals surface area (Å²) in [6.07, 6.45) is 0.232. The Morgan fingerprint density at radius 3 is 2.07 bits per heavy atom. The molecular formula is C35H38BrN3O5S. The van der Waals surface area contributed by atoms with Crippen molar-refractivity contribution in [3.63, 3.8) is 0 Å². The molecule has 0 fully saturated rings. The molecule has 8 nitrogen and oxygen atoms in total. The summed E-state index contributed by atoms with van der Waals surface area (Å²) in [4.78, 5) is 30.0. The Kier molecular flexibility index (Phi) is 11.1. The SMILES string of the molecule is COc1cccc(N(CC(=O)N(Cc2ccc(Br)cc2)[C@H](Cc2ccccc2)C(=O)NC(C)(C)C)S(=O)(=O)c2ccccc2)c1. The molecule has 0 radical (unpaired) electrons. The van der Waals surface area contributed by atoms with Gasteiger partial charge >= 0.3 is 0 Å². The van der Waals surface area contributed by atoms with Gasteiger partial charge in [-0.2, -0.15) is 0 Å². The minimum atomic E-state index is -4.20. The summed E-state index contributed by atoms with van der Waals surface area (Å²) in [5, 5.41) is 3.04. The first kappa shape index (κ1) is 33.7. The summed E-state index contributed by atoms with van der Waals surface area (Å²) in [7, 11) is -2.71. The largest absolute Gasteiger partial charge is 0.497 e. The highest BCUT2D eigenvalue weighted by Crippen LogP contribution is 2.28. The lowest BCUT2D eigenvalue weighted by Crippen LogP contribution is -2.56. The maximum Gasteiger partial charge on any atom is 0.264 e. The molecule has 45 heavy (non-hydrogen) atoms. The predicted octanol–water partition coefficient (Wildman–Crippen LogP) is 6.21. The number of carbonyl (C=O) groups is 2. The smallest absolute Gasteiger partial charge is 0.264 e. The zero-order valence-electron chi connectivity index (χ0n) is 25.8. The van der Waals surface area contributed by atoms with E-state index in [0.717, 1.165) is 19.9 Å². The van der Waals surface area contributed by atoms with Gasteiger partial charge < -0.3 is 15.0 Å². The van der Waals surface area contributed by atoms with Crippen molar-refractivity contribution in [1.29, 1.82) is 0 Å². The third-order valence-corrected chi connectivity index (χ3v) is 9.30. The van der Waals surface area contributed by atoms with Crippen LogP contribution in [0.1, 0.15) is 31.9 Å². The molecule has 0 aliphatic carbocycles. The molecule has 1 atom stereocenters. The van der Waals surface area contributed by atoms with Gasteiger partial charge in [-0.05, 0) is 68.3 Å². The number of sulfonamides is 1. The van der Waals surface area contributed by atoms with Crippen molar-refractivity contribution in [3.05, 3.63) is 125 Å². The number of anilines is 1. The van der Waals surface area contributed by atoms with Gasteiger partial charge in [0.2, 0.25) is 11.8 Å². The fourth-order valence-corrected chi connectivity index (χ4v) is 6.50. The van der Waals surface area contributed by atoms with Crippen LogP contribution >= 0.6 is 15.9 Å². The van der Waals surface area contributed by atoms with E-state index < -0.39 is 34.1 Å². The molecule has 236 valence electrons. The van der Waals surface area contributed by atoms with Gasteiger partial charge in [0.25, 0.3) is 10.0 Å². The topological polar surface area (TPSA) is 96.0 Å². The average molecular weight is 693 g/mol. The van der Waals surface area contributed by atoms with Crippen molar-refractivity contribution in [2.24, 2.45) is 0 Å². The number of methoxy groups -OCH3 is 1. The third kappa shape index (κ3) is 9.18. The molecule has 2 amide bonds. The van der Waals surface area contributed by atoms with Crippen molar-refractivity contribution in [1.82, 2.24) is 10.2 Å². The van der Waals surface area contributed by atoms with E-state index >= 15 is 0 Å². The summed E-state index contributed by atoms with van der Waals surface area (Å²) in [5.74, 6) is -0.438. The van der Waals surface area contributed by atoms with E-state index in [9.17, 15) is 18.0 Å². The van der Waals surface area contributed by atoms with E-state index in [2.05, 4.69) is 21.2 Å². The van der Waals surface area contributed by atoms with E-state index in [4.69, 9.17) is 4.74 Å². The van der Waals surface area contributed by atoms with E-state index in [1.165, 1.54) is 24.1 Å². The number of hydrogen-bond acceptors (Lipinski definition) is 5. The van der Waals surface area contributed by atoms with Gasteiger partial charge in [-0.25, -0.2) is 8.42 Å². The van der Waals surface area contributed by atoms with Crippen LogP contribution < -0.4 is 14.4 Å². The first-order valence-electron chi connectivity index (χ1n) is 14.5. The molecule has 4 aromatic carbocycles. The van der Waals surface area contributed by atoms with Gasteiger partial charge in [0.05, 0.1) is 17.7 Å². The van der Waals surface area contributed by atoms with E-state index in [1.54, 1.807) is 42.5 Å². The Morgan fingerprint density at radius 2 is 1.47 bits per heavy atom. The van der Waals surface area contributed by atoms with Crippen LogP contribution in [0.5, 0.6) is 5.75 Å². The van der Waals surface area contributed by atoms with E-state index in [0.29, 0.717) is 5.75 Å². The Bertz CT molecular complexity index is 1690. The zero-order chi connectivity index (χ0) is 32.6. The fraction of sp³-hybridized carbons (Fsp3) is 0.257. The lowest BCUT2D eigenvalue weighted by Gasteiger charge is -2.35. The number of amides is 2. The van der Waals surface area contributed by atoms with Crippen LogP contribution in [-0.2, 0) is 32.6 Å². The fourth-order valence-electron chi connectivity index (χ4n) is 4.81.